The van der Waals surface area contributed by atoms with E-state index in [9.17, 15) is 8.78 Å². The first kappa shape index (κ1) is 44.3. The van der Waals surface area contributed by atoms with Gasteiger partial charge in [-0.15, -0.1) is 0 Å². The maximum atomic E-state index is 15.1. The SMILES string of the molecule is COc1cc(OC)c(F)c(N(CCN)c2ccc3ncc(-c4cnn(C)c4)nc3n2)c1F.COc1cc(OC)c(F)c(N=c2ccc3ncc(-c4cnn(C)c4)nc3n2CCN)c1F. The molecule has 0 bridgehead atoms. The van der Waals surface area contributed by atoms with Crippen LogP contribution >= 0.6 is 0 Å². The Hall–Kier alpha value is -7.72. The number of ether oxygens (including phenoxy) is 4. The summed E-state index contributed by atoms with van der Waals surface area (Å²) in [5.41, 5.74) is 15.5. The summed E-state index contributed by atoms with van der Waals surface area (Å²) < 4.78 is 85.1. The predicted molar refractivity (Wildman–Crippen MR) is 229 cm³/mol. The van der Waals surface area contributed by atoms with Crippen LogP contribution in [0.5, 0.6) is 23.0 Å². The summed E-state index contributed by atoms with van der Waals surface area (Å²) in [5.74, 6) is -4.14. The van der Waals surface area contributed by atoms with E-state index < -0.39 is 29.0 Å². The fraction of sp³-hybridized carbons (Fsp3) is 0.238. The molecule has 0 fully saturated rings. The Morgan fingerprint density at radius 1 is 0.641 bits per heavy atom. The molecule has 0 aliphatic heterocycles. The van der Waals surface area contributed by atoms with Crippen molar-refractivity contribution in [2.45, 2.75) is 6.54 Å². The molecule has 332 valence electrons. The smallest absolute Gasteiger partial charge is 0.193 e. The Balaban J connectivity index is 0.000000191. The summed E-state index contributed by atoms with van der Waals surface area (Å²) in [6, 6.07) is 8.82. The average molecular weight is 883 g/mol. The van der Waals surface area contributed by atoms with Crippen molar-refractivity contribution >= 4 is 39.5 Å². The molecule has 0 saturated heterocycles. The van der Waals surface area contributed by atoms with Gasteiger partial charge in [0, 0.05) is 75.9 Å². The van der Waals surface area contributed by atoms with Gasteiger partial charge in [-0.1, -0.05) is 0 Å². The number of anilines is 2. The zero-order valence-electron chi connectivity index (χ0n) is 35.4. The van der Waals surface area contributed by atoms with Crippen LogP contribution in [0, 0.1) is 23.3 Å². The van der Waals surface area contributed by atoms with Crippen molar-refractivity contribution in [3.8, 4) is 45.5 Å². The number of aryl methyl sites for hydroxylation is 2. The summed E-state index contributed by atoms with van der Waals surface area (Å²) in [7, 11) is 8.73. The van der Waals surface area contributed by atoms with E-state index in [1.54, 1.807) is 83.3 Å². The number of hydrogen-bond acceptors (Lipinski definition) is 15. The normalized spacial score (nSPS) is 11.5. The van der Waals surface area contributed by atoms with Crippen LogP contribution < -0.4 is 40.8 Å². The number of rotatable bonds is 13. The van der Waals surface area contributed by atoms with E-state index in [4.69, 9.17) is 30.4 Å². The number of halogens is 4. The van der Waals surface area contributed by atoms with E-state index in [1.807, 2.05) is 6.20 Å². The van der Waals surface area contributed by atoms with Crippen LogP contribution in [0.1, 0.15) is 0 Å². The predicted octanol–water partition coefficient (Wildman–Crippen LogP) is 5.14. The van der Waals surface area contributed by atoms with Crippen LogP contribution in [0.4, 0.5) is 34.8 Å². The van der Waals surface area contributed by atoms with Gasteiger partial charge in [0.05, 0.1) is 64.6 Å². The standard InChI is InChI=1S/2C21H21F2N7O2/c1-29-11-12(9-26-29)14-10-25-13-4-5-17(28-21(13)27-14)30(7-6-24)20-18(22)15(31-2)8-16(32-3)19(20)23;1-29-11-12(9-26-29)14-10-25-13-4-5-17(30(7-6-24)21(13)27-14)28-20-18(22)15(31-2)8-16(32-3)19(20)23/h2*4-5,8-11H,6-7,24H2,1-3H3. The van der Waals surface area contributed by atoms with Crippen molar-refractivity contribution in [1.82, 2.24) is 49.0 Å². The lowest BCUT2D eigenvalue weighted by Gasteiger charge is -2.25. The fourth-order valence-corrected chi connectivity index (χ4v) is 6.59. The van der Waals surface area contributed by atoms with Crippen molar-refractivity contribution in [1.29, 1.82) is 0 Å². The molecule has 0 unspecified atom stereocenters. The maximum absolute atomic E-state index is 15.1. The van der Waals surface area contributed by atoms with Crippen LogP contribution in [0.2, 0.25) is 0 Å². The molecule has 8 aromatic rings. The third-order valence-corrected chi connectivity index (χ3v) is 9.68. The second-order valence-corrected chi connectivity index (χ2v) is 13.7. The first-order valence-corrected chi connectivity index (χ1v) is 19.3. The van der Waals surface area contributed by atoms with Crippen molar-refractivity contribution in [2.75, 3.05) is 53.0 Å². The second-order valence-electron chi connectivity index (χ2n) is 13.7. The molecule has 8 rings (SSSR count). The Kier molecular flexibility index (Phi) is 13.3. The van der Waals surface area contributed by atoms with Gasteiger partial charge in [0.15, 0.2) is 57.6 Å². The minimum Gasteiger partial charge on any atom is -0.493 e. The van der Waals surface area contributed by atoms with Crippen LogP contribution in [0.3, 0.4) is 0 Å². The van der Waals surface area contributed by atoms with E-state index in [-0.39, 0.29) is 59.6 Å². The van der Waals surface area contributed by atoms with Crippen molar-refractivity contribution < 1.29 is 36.5 Å². The topological polar surface area (TPSA) is 210 Å². The van der Waals surface area contributed by atoms with Gasteiger partial charge in [-0.05, 0) is 24.3 Å². The molecule has 0 aliphatic rings. The highest BCUT2D eigenvalue weighted by molar-refractivity contribution is 5.77. The fourth-order valence-electron chi connectivity index (χ4n) is 6.59. The molecular formula is C42H42F4N14O4. The van der Waals surface area contributed by atoms with Gasteiger partial charge in [0.25, 0.3) is 0 Å². The van der Waals surface area contributed by atoms with Gasteiger partial charge < -0.3 is 39.9 Å². The van der Waals surface area contributed by atoms with Gasteiger partial charge in [0.1, 0.15) is 33.7 Å². The van der Waals surface area contributed by atoms with Crippen molar-refractivity contribution in [3.05, 3.63) is 102 Å². The van der Waals surface area contributed by atoms with Crippen molar-refractivity contribution in [2.24, 2.45) is 30.6 Å². The number of methoxy groups -OCH3 is 4. The zero-order chi connectivity index (χ0) is 45.7. The molecule has 0 radical (unpaired) electrons. The molecule has 0 spiro atoms. The molecule has 0 saturated carbocycles. The lowest BCUT2D eigenvalue weighted by molar-refractivity contribution is 0.359. The highest BCUT2D eigenvalue weighted by Crippen LogP contribution is 2.40. The molecule has 18 nitrogen and oxygen atoms in total. The highest BCUT2D eigenvalue weighted by atomic mass is 19.1. The summed E-state index contributed by atoms with van der Waals surface area (Å²) >= 11 is 0. The molecule has 2 aromatic carbocycles. The van der Waals surface area contributed by atoms with Crippen molar-refractivity contribution in [3.63, 3.8) is 0 Å². The summed E-state index contributed by atoms with van der Waals surface area (Å²) in [6.07, 6.45) is 10.2. The van der Waals surface area contributed by atoms with Gasteiger partial charge in [-0.2, -0.15) is 10.2 Å². The largest absolute Gasteiger partial charge is 0.493 e. The minimum atomic E-state index is -0.944. The third kappa shape index (κ3) is 8.81. The summed E-state index contributed by atoms with van der Waals surface area (Å²) in [5, 5.41) is 8.29. The molecule has 0 atom stereocenters. The van der Waals surface area contributed by atoms with E-state index in [1.165, 1.54) is 33.3 Å². The average Bonchev–Trinajstić information content (AvgIpc) is 3.96. The van der Waals surface area contributed by atoms with Crippen LogP contribution in [-0.2, 0) is 20.6 Å². The van der Waals surface area contributed by atoms with E-state index in [0.717, 1.165) is 23.3 Å². The summed E-state index contributed by atoms with van der Waals surface area (Å²) in [6.45, 7) is 0.737. The number of pyridine rings is 2. The van der Waals surface area contributed by atoms with Gasteiger partial charge in [-0.3, -0.25) is 19.3 Å². The Labute approximate surface area is 362 Å². The lowest BCUT2D eigenvalue weighted by atomic mass is 10.2. The minimum absolute atomic E-state index is 0.0817. The number of aromatic nitrogens is 10. The Morgan fingerprint density at radius 3 is 1.69 bits per heavy atom. The van der Waals surface area contributed by atoms with Crippen LogP contribution in [-0.4, -0.2) is 97.1 Å². The molecule has 6 aromatic heterocycles. The lowest BCUT2D eigenvalue weighted by Crippen LogP contribution is -2.27. The molecule has 22 heteroatoms. The highest BCUT2D eigenvalue weighted by Gasteiger charge is 2.27. The van der Waals surface area contributed by atoms with Crippen LogP contribution in [0.25, 0.3) is 44.8 Å². The van der Waals surface area contributed by atoms with Gasteiger partial charge in [-0.25, -0.2) is 37.5 Å². The van der Waals surface area contributed by atoms with Gasteiger partial charge in [0.2, 0.25) is 0 Å². The second kappa shape index (κ2) is 19.1. The maximum Gasteiger partial charge on any atom is 0.193 e. The quantitative estimate of drug-likeness (QED) is 0.144. The third-order valence-electron chi connectivity index (χ3n) is 9.68. The molecule has 0 amide bonds. The first-order valence-electron chi connectivity index (χ1n) is 19.3. The molecular weight excluding hydrogens is 841 g/mol. The molecule has 0 aliphatic carbocycles. The number of nitrogens with zero attached hydrogens (tertiary/aromatic N) is 12. The zero-order valence-corrected chi connectivity index (χ0v) is 35.4. The number of nitrogens with two attached hydrogens (primary N) is 2. The first-order chi connectivity index (χ1) is 30.9. The van der Waals surface area contributed by atoms with Crippen LogP contribution in [0.15, 0.2) is 78.6 Å². The number of benzene rings is 2. The number of fused-ring (bicyclic) bond motifs is 2. The molecule has 4 N–H and O–H groups in total. The Bertz CT molecular complexity index is 2990. The molecule has 6 heterocycles. The van der Waals surface area contributed by atoms with E-state index in [2.05, 4.69) is 40.1 Å². The summed E-state index contributed by atoms with van der Waals surface area (Å²) in [4.78, 5) is 28.2. The van der Waals surface area contributed by atoms with E-state index in [0.29, 0.717) is 40.3 Å². The van der Waals surface area contributed by atoms with Gasteiger partial charge >= 0.3 is 0 Å². The molecule has 64 heavy (non-hydrogen) atoms. The number of hydrogen-bond donors (Lipinski definition) is 2. The van der Waals surface area contributed by atoms with E-state index >= 15 is 8.78 Å². The monoisotopic (exact) mass is 882 g/mol. The Morgan fingerprint density at radius 2 is 1.17 bits per heavy atom.